The largest absolute Gasteiger partial charge is 0.355 e. The molecule has 0 fully saturated rings. The summed E-state index contributed by atoms with van der Waals surface area (Å²) in [5, 5.41) is 15.1. The molecule has 0 aliphatic rings. The number of aryl methyl sites for hydroxylation is 3. The quantitative estimate of drug-likeness (QED) is 0.129. The van der Waals surface area contributed by atoms with E-state index in [2.05, 4.69) is 134 Å². The predicted molar refractivity (Wildman–Crippen MR) is 221 cm³/mol. The first-order valence-electron chi connectivity index (χ1n) is 16.6. The monoisotopic (exact) mass is 745 g/mol. The van der Waals surface area contributed by atoms with Crippen LogP contribution in [0.4, 0.5) is 34.1 Å². The van der Waals surface area contributed by atoms with Gasteiger partial charge in [-0.15, -0.1) is 0 Å². The highest BCUT2D eigenvalue weighted by Gasteiger charge is 2.21. The summed E-state index contributed by atoms with van der Waals surface area (Å²) in [6.07, 6.45) is 0. The molecule has 0 aromatic heterocycles. The molecule has 0 atom stereocenters. The number of hydrogen-bond acceptors (Lipinski definition) is 3. The Morgan fingerprint density at radius 3 is 1.35 bits per heavy atom. The Hall–Kier alpha value is -4.64. The van der Waals surface area contributed by atoms with E-state index in [9.17, 15) is 0 Å². The minimum Gasteiger partial charge on any atom is -0.355 e. The van der Waals surface area contributed by atoms with Crippen LogP contribution in [0.3, 0.4) is 0 Å². The Kier molecular flexibility index (Phi) is 10.2. The number of anilines is 6. The van der Waals surface area contributed by atoms with Gasteiger partial charge in [-0.1, -0.05) is 131 Å². The van der Waals surface area contributed by atoms with Crippen molar-refractivity contribution >= 4 is 91.3 Å². The highest BCUT2D eigenvalue weighted by molar-refractivity contribution is 6.39. The molecule has 7 aromatic carbocycles. The summed E-state index contributed by atoms with van der Waals surface area (Å²) in [5.74, 6) is -0.0808. The van der Waals surface area contributed by atoms with E-state index in [1.165, 1.54) is 27.6 Å². The average molecular weight is 748 g/mol. The number of rotatable bonds is 9. The van der Waals surface area contributed by atoms with Gasteiger partial charge in [0.05, 0.1) is 31.5 Å². The molecule has 7 heteroatoms. The summed E-state index contributed by atoms with van der Waals surface area (Å²) >= 11 is 25.9. The maximum absolute atomic E-state index is 6.47. The first-order chi connectivity index (χ1) is 24.7. The van der Waals surface area contributed by atoms with E-state index in [-0.39, 0.29) is 5.92 Å². The topological polar surface area (TPSA) is 36.1 Å². The molecule has 0 saturated carbocycles. The van der Waals surface area contributed by atoms with Crippen LogP contribution in [0.2, 0.25) is 20.1 Å². The second kappa shape index (κ2) is 14.9. The van der Waals surface area contributed by atoms with Gasteiger partial charge in [-0.3, -0.25) is 0 Å². The van der Waals surface area contributed by atoms with Crippen LogP contribution < -0.4 is 16.0 Å². The van der Waals surface area contributed by atoms with E-state index in [4.69, 9.17) is 46.4 Å². The van der Waals surface area contributed by atoms with Crippen LogP contribution in [0.5, 0.6) is 0 Å². The summed E-state index contributed by atoms with van der Waals surface area (Å²) in [5.41, 5.74) is 12.5. The molecule has 7 rings (SSSR count). The Morgan fingerprint density at radius 2 is 0.882 bits per heavy atom. The fraction of sp³-hybridized carbons (Fsp3) is 0.0909. The van der Waals surface area contributed by atoms with Crippen LogP contribution in [0.15, 0.2) is 133 Å². The molecule has 0 spiro atoms. The minimum absolute atomic E-state index is 0.0808. The average Bonchev–Trinajstić information content (AvgIpc) is 3.11. The van der Waals surface area contributed by atoms with Gasteiger partial charge >= 0.3 is 0 Å². The predicted octanol–water partition coefficient (Wildman–Crippen LogP) is 14.8. The van der Waals surface area contributed by atoms with Crippen molar-refractivity contribution in [2.24, 2.45) is 0 Å². The van der Waals surface area contributed by atoms with E-state index in [1.54, 1.807) is 0 Å². The zero-order chi connectivity index (χ0) is 35.6. The summed E-state index contributed by atoms with van der Waals surface area (Å²) < 4.78 is 0. The normalized spacial score (nSPS) is 11.2. The van der Waals surface area contributed by atoms with Crippen molar-refractivity contribution in [2.45, 2.75) is 26.7 Å². The third kappa shape index (κ3) is 7.40. The third-order valence-electron chi connectivity index (χ3n) is 9.16. The zero-order valence-electron chi connectivity index (χ0n) is 28.3. The lowest BCUT2D eigenvalue weighted by atomic mass is 9.82. The SMILES string of the molecule is Cc1cc(C)c(Nc2ccc(C(c3ccc(Nc4c(Cl)cccc4Cl)cc3)c3ccc(Nc4c(Cl)cccc4Cl)cc3)c3ccccc23)c(C)c1. The van der Waals surface area contributed by atoms with Gasteiger partial charge < -0.3 is 16.0 Å². The van der Waals surface area contributed by atoms with Gasteiger partial charge in [0, 0.05) is 34.1 Å². The molecule has 7 aromatic rings. The van der Waals surface area contributed by atoms with E-state index >= 15 is 0 Å². The molecule has 254 valence electrons. The molecule has 0 saturated heterocycles. The number of halogens is 4. The number of fused-ring (bicyclic) bond motifs is 1. The number of benzene rings is 7. The smallest absolute Gasteiger partial charge is 0.0762 e. The summed E-state index contributed by atoms with van der Waals surface area (Å²) in [7, 11) is 0. The Balaban J connectivity index is 1.31. The lowest BCUT2D eigenvalue weighted by Gasteiger charge is -2.23. The first kappa shape index (κ1) is 34.8. The highest BCUT2D eigenvalue weighted by Crippen LogP contribution is 2.41. The molecule has 0 amide bonds. The highest BCUT2D eigenvalue weighted by atomic mass is 35.5. The zero-order valence-corrected chi connectivity index (χ0v) is 31.3. The van der Waals surface area contributed by atoms with Crippen molar-refractivity contribution in [1.29, 1.82) is 0 Å². The van der Waals surface area contributed by atoms with Crippen molar-refractivity contribution in [3.8, 4) is 0 Å². The van der Waals surface area contributed by atoms with Crippen molar-refractivity contribution in [1.82, 2.24) is 0 Å². The number of nitrogens with one attached hydrogen (secondary N) is 3. The van der Waals surface area contributed by atoms with Gasteiger partial charge in [-0.25, -0.2) is 0 Å². The third-order valence-corrected chi connectivity index (χ3v) is 10.4. The van der Waals surface area contributed by atoms with Crippen molar-refractivity contribution < 1.29 is 0 Å². The number of para-hydroxylation sites is 2. The van der Waals surface area contributed by atoms with Crippen LogP contribution >= 0.6 is 46.4 Å². The lowest BCUT2D eigenvalue weighted by molar-refractivity contribution is 0.990. The van der Waals surface area contributed by atoms with E-state index in [1.807, 2.05) is 36.4 Å². The fourth-order valence-electron chi connectivity index (χ4n) is 6.79. The van der Waals surface area contributed by atoms with Crippen LogP contribution in [0, 0.1) is 20.8 Å². The van der Waals surface area contributed by atoms with Gasteiger partial charge in [-0.05, 0) is 109 Å². The fourth-order valence-corrected chi connectivity index (χ4v) is 7.77. The Bertz CT molecular complexity index is 2210. The molecule has 0 radical (unpaired) electrons. The van der Waals surface area contributed by atoms with Crippen LogP contribution in [0.1, 0.15) is 39.3 Å². The minimum atomic E-state index is -0.0808. The molecule has 3 nitrogen and oxygen atoms in total. The van der Waals surface area contributed by atoms with Gasteiger partial charge in [0.2, 0.25) is 0 Å². The van der Waals surface area contributed by atoms with E-state index < -0.39 is 0 Å². The van der Waals surface area contributed by atoms with E-state index in [0.29, 0.717) is 31.5 Å². The van der Waals surface area contributed by atoms with Gasteiger partial charge in [0.1, 0.15) is 0 Å². The second-order valence-electron chi connectivity index (χ2n) is 12.8. The van der Waals surface area contributed by atoms with Crippen LogP contribution in [-0.4, -0.2) is 0 Å². The molecule has 3 N–H and O–H groups in total. The van der Waals surface area contributed by atoms with E-state index in [0.717, 1.165) is 39.3 Å². The number of hydrogen-bond donors (Lipinski definition) is 3. The summed E-state index contributed by atoms with van der Waals surface area (Å²) in [4.78, 5) is 0. The second-order valence-corrected chi connectivity index (χ2v) is 14.4. The van der Waals surface area contributed by atoms with Crippen molar-refractivity contribution in [3.63, 3.8) is 0 Å². The van der Waals surface area contributed by atoms with Gasteiger partial charge in [0.15, 0.2) is 0 Å². The maximum atomic E-state index is 6.47. The first-order valence-corrected chi connectivity index (χ1v) is 18.2. The molecule has 0 aliphatic heterocycles. The van der Waals surface area contributed by atoms with Crippen LogP contribution in [-0.2, 0) is 0 Å². The Morgan fingerprint density at radius 1 is 0.431 bits per heavy atom. The summed E-state index contributed by atoms with van der Waals surface area (Å²) in [6.45, 7) is 6.45. The molecular formula is C44H35Cl4N3. The standard InChI is InChI=1S/C44H35Cl4N3/c1-26-24-27(2)42(28(3)25-26)51-40-23-22-35(33-8-4-5-9-34(33)40)41(29-14-18-31(19-15-29)49-43-36(45)10-6-11-37(43)46)30-16-20-32(21-17-30)50-44-38(47)12-7-13-39(44)48/h4-25,41,49-51H,1-3H3. The molecule has 51 heavy (non-hydrogen) atoms. The maximum Gasteiger partial charge on any atom is 0.0762 e. The molecule has 0 bridgehead atoms. The van der Waals surface area contributed by atoms with Gasteiger partial charge in [-0.2, -0.15) is 0 Å². The molecular weight excluding hydrogens is 712 g/mol. The van der Waals surface area contributed by atoms with Crippen molar-refractivity contribution in [3.05, 3.63) is 187 Å². The molecule has 0 heterocycles. The lowest BCUT2D eigenvalue weighted by Crippen LogP contribution is -2.06. The van der Waals surface area contributed by atoms with Gasteiger partial charge in [0.25, 0.3) is 0 Å². The molecule has 0 unspecified atom stereocenters. The van der Waals surface area contributed by atoms with Crippen LogP contribution in [0.25, 0.3) is 10.8 Å². The molecule has 0 aliphatic carbocycles. The summed E-state index contributed by atoms with van der Waals surface area (Å²) in [6, 6.07) is 45.4. The Labute approximate surface area is 319 Å². The van der Waals surface area contributed by atoms with Crippen molar-refractivity contribution in [2.75, 3.05) is 16.0 Å².